The van der Waals surface area contributed by atoms with Crippen LogP contribution in [0.5, 0.6) is 5.75 Å². The molecule has 1 aliphatic heterocycles. The van der Waals surface area contributed by atoms with Gasteiger partial charge < -0.3 is 14.6 Å². The summed E-state index contributed by atoms with van der Waals surface area (Å²) in [7, 11) is 0. The van der Waals surface area contributed by atoms with Crippen LogP contribution in [0.3, 0.4) is 0 Å². The Labute approximate surface area is 133 Å². The fourth-order valence-corrected chi connectivity index (χ4v) is 2.88. The number of amides is 1. The van der Waals surface area contributed by atoms with Gasteiger partial charge in [0.1, 0.15) is 5.76 Å². The number of hydrogen-bond donors (Lipinski definition) is 1. The van der Waals surface area contributed by atoms with E-state index in [0.29, 0.717) is 30.0 Å². The van der Waals surface area contributed by atoms with E-state index in [2.05, 4.69) is 10.5 Å². The Morgan fingerprint density at radius 1 is 1.43 bits per heavy atom. The van der Waals surface area contributed by atoms with Crippen LogP contribution in [0.25, 0.3) is 0 Å². The maximum absolute atomic E-state index is 13.9. The molecule has 0 saturated heterocycles. The Morgan fingerprint density at radius 3 is 3.00 bits per heavy atom. The number of aromatic nitrogens is 1. The van der Waals surface area contributed by atoms with E-state index in [1.165, 1.54) is 6.07 Å². The minimum Gasteiger partial charge on any atom is -0.490 e. The average Bonchev–Trinajstić information content (AvgIpc) is 2.73. The molecule has 0 spiro atoms. The Kier molecular flexibility index (Phi) is 4.32. The third kappa shape index (κ3) is 3.21. The highest BCUT2D eigenvalue weighted by Gasteiger charge is 2.24. The molecule has 2 heterocycles. The molecule has 0 fully saturated rings. The third-order valence-corrected chi connectivity index (χ3v) is 4.11. The lowest BCUT2D eigenvalue weighted by Crippen LogP contribution is -2.30. The van der Waals surface area contributed by atoms with Gasteiger partial charge >= 0.3 is 0 Å². The Morgan fingerprint density at radius 2 is 2.26 bits per heavy atom. The molecular weight excluding hydrogens is 299 g/mol. The van der Waals surface area contributed by atoms with Crippen molar-refractivity contribution in [3.8, 4) is 5.75 Å². The predicted molar refractivity (Wildman–Crippen MR) is 81.7 cm³/mol. The van der Waals surface area contributed by atoms with Crippen LogP contribution in [0.4, 0.5) is 4.39 Å². The molecule has 1 N–H and O–H groups in total. The molecule has 0 aliphatic carbocycles. The lowest BCUT2D eigenvalue weighted by molar-refractivity contribution is -0.121. The van der Waals surface area contributed by atoms with Gasteiger partial charge in [0.15, 0.2) is 11.6 Å². The fourth-order valence-electron chi connectivity index (χ4n) is 2.88. The molecule has 1 amide bonds. The maximum atomic E-state index is 13.9. The molecule has 1 atom stereocenters. The highest BCUT2D eigenvalue weighted by Crippen LogP contribution is 2.33. The SMILES string of the molecule is Cc1noc(C)c1CC(=O)NC1CCCOc2c(F)cccc21. The molecule has 0 radical (unpaired) electrons. The normalized spacial score (nSPS) is 17.1. The summed E-state index contributed by atoms with van der Waals surface area (Å²) in [6.07, 6.45) is 1.66. The summed E-state index contributed by atoms with van der Waals surface area (Å²) in [5, 5.41) is 6.83. The molecule has 0 saturated carbocycles. The molecular formula is C17H19FN2O3. The maximum Gasteiger partial charge on any atom is 0.225 e. The number of fused-ring (bicyclic) bond motifs is 1. The van der Waals surface area contributed by atoms with Crippen molar-refractivity contribution in [2.45, 2.75) is 39.2 Å². The van der Waals surface area contributed by atoms with Crippen molar-refractivity contribution in [1.82, 2.24) is 10.5 Å². The summed E-state index contributed by atoms with van der Waals surface area (Å²) in [5.74, 6) is 0.358. The van der Waals surface area contributed by atoms with Gasteiger partial charge in [0, 0.05) is 11.1 Å². The molecule has 6 heteroatoms. The van der Waals surface area contributed by atoms with Gasteiger partial charge in [0.2, 0.25) is 5.91 Å². The van der Waals surface area contributed by atoms with E-state index in [1.54, 1.807) is 19.1 Å². The van der Waals surface area contributed by atoms with E-state index in [1.807, 2.05) is 6.92 Å². The number of rotatable bonds is 3. The van der Waals surface area contributed by atoms with Gasteiger partial charge in [-0.1, -0.05) is 17.3 Å². The van der Waals surface area contributed by atoms with Gasteiger partial charge in [-0.3, -0.25) is 4.79 Å². The van der Waals surface area contributed by atoms with Crippen molar-refractivity contribution in [3.63, 3.8) is 0 Å². The van der Waals surface area contributed by atoms with Gasteiger partial charge in [0.05, 0.1) is 24.8 Å². The van der Waals surface area contributed by atoms with E-state index in [0.717, 1.165) is 12.0 Å². The number of ether oxygens (including phenoxy) is 1. The molecule has 23 heavy (non-hydrogen) atoms. The van der Waals surface area contributed by atoms with Crippen molar-refractivity contribution >= 4 is 5.91 Å². The number of para-hydroxylation sites is 1. The summed E-state index contributed by atoms with van der Waals surface area (Å²) in [5.41, 5.74) is 2.20. The average molecular weight is 318 g/mol. The molecule has 122 valence electrons. The number of aryl methyl sites for hydroxylation is 2. The summed E-state index contributed by atoms with van der Waals surface area (Å²) in [6.45, 7) is 4.04. The smallest absolute Gasteiger partial charge is 0.225 e. The zero-order valence-corrected chi connectivity index (χ0v) is 13.2. The summed E-state index contributed by atoms with van der Waals surface area (Å²) in [4.78, 5) is 12.4. The number of benzene rings is 1. The zero-order valence-electron chi connectivity index (χ0n) is 13.2. The third-order valence-electron chi connectivity index (χ3n) is 4.11. The molecule has 5 nitrogen and oxygen atoms in total. The number of hydrogen-bond acceptors (Lipinski definition) is 4. The van der Waals surface area contributed by atoms with Crippen molar-refractivity contribution in [2.24, 2.45) is 0 Å². The number of halogens is 1. The summed E-state index contributed by atoms with van der Waals surface area (Å²) < 4.78 is 24.5. The summed E-state index contributed by atoms with van der Waals surface area (Å²) >= 11 is 0. The Bertz CT molecular complexity index is 707. The van der Waals surface area contributed by atoms with E-state index in [4.69, 9.17) is 9.26 Å². The molecule has 1 aromatic carbocycles. The van der Waals surface area contributed by atoms with Gasteiger partial charge in [-0.15, -0.1) is 0 Å². The van der Waals surface area contributed by atoms with Crippen molar-refractivity contribution in [1.29, 1.82) is 0 Å². The van der Waals surface area contributed by atoms with Crippen LogP contribution in [0.1, 0.15) is 41.5 Å². The van der Waals surface area contributed by atoms with Crippen LogP contribution >= 0.6 is 0 Å². The number of nitrogens with zero attached hydrogens (tertiary/aromatic N) is 1. The second-order valence-electron chi connectivity index (χ2n) is 5.75. The molecule has 1 aliphatic rings. The quantitative estimate of drug-likeness (QED) is 0.945. The molecule has 1 unspecified atom stereocenters. The first-order valence-electron chi connectivity index (χ1n) is 7.68. The van der Waals surface area contributed by atoms with Crippen LogP contribution < -0.4 is 10.1 Å². The van der Waals surface area contributed by atoms with Crippen molar-refractivity contribution in [2.75, 3.05) is 6.61 Å². The lowest BCUT2D eigenvalue weighted by atomic mass is 10.0. The van der Waals surface area contributed by atoms with Gasteiger partial charge in [-0.25, -0.2) is 4.39 Å². The standard InChI is InChI=1S/C17H19FN2O3/c1-10-13(11(2)23-20-10)9-16(21)19-15-7-4-8-22-17-12(15)5-3-6-14(17)18/h3,5-6,15H,4,7-9H2,1-2H3,(H,19,21). The van der Waals surface area contributed by atoms with Crippen molar-refractivity contribution < 1.29 is 18.4 Å². The zero-order chi connectivity index (χ0) is 16.4. The first-order chi connectivity index (χ1) is 11.1. The Balaban J connectivity index is 1.78. The van der Waals surface area contributed by atoms with E-state index in [-0.39, 0.29) is 24.1 Å². The van der Waals surface area contributed by atoms with E-state index >= 15 is 0 Å². The number of carbonyl (C=O) groups excluding carboxylic acids is 1. The molecule has 2 aromatic rings. The van der Waals surface area contributed by atoms with Crippen LogP contribution in [0, 0.1) is 19.7 Å². The Hall–Kier alpha value is -2.37. The highest BCUT2D eigenvalue weighted by atomic mass is 19.1. The minimum absolute atomic E-state index is 0.137. The highest BCUT2D eigenvalue weighted by molar-refractivity contribution is 5.79. The molecule has 1 aromatic heterocycles. The second-order valence-corrected chi connectivity index (χ2v) is 5.75. The van der Waals surface area contributed by atoms with Crippen molar-refractivity contribution in [3.05, 3.63) is 46.6 Å². The van der Waals surface area contributed by atoms with Crippen LogP contribution in [0.2, 0.25) is 0 Å². The molecule has 3 rings (SSSR count). The minimum atomic E-state index is -0.394. The van der Waals surface area contributed by atoms with Crippen LogP contribution in [-0.4, -0.2) is 17.7 Å². The number of carbonyl (C=O) groups is 1. The largest absolute Gasteiger partial charge is 0.490 e. The number of nitrogens with one attached hydrogen (secondary N) is 1. The van der Waals surface area contributed by atoms with Gasteiger partial charge in [-0.2, -0.15) is 0 Å². The van der Waals surface area contributed by atoms with Crippen LogP contribution in [-0.2, 0) is 11.2 Å². The van der Waals surface area contributed by atoms with E-state index in [9.17, 15) is 9.18 Å². The van der Waals surface area contributed by atoms with Crippen LogP contribution in [0.15, 0.2) is 22.7 Å². The predicted octanol–water partition coefficient (Wildman–Crippen LogP) is 3.00. The van der Waals surface area contributed by atoms with Gasteiger partial charge in [0.25, 0.3) is 0 Å². The lowest BCUT2D eigenvalue weighted by Gasteiger charge is -2.18. The van der Waals surface area contributed by atoms with E-state index < -0.39 is 5.82 Å². The van der Waals surface area contributed by atoms with Gasteiger partial charge in [-0.05, 0) is 32.8 Å². The summed E-state index contributed by atoms with van der Waals surface area (Å²) in [6, 6.07) is 4.55. The fraction of sp³-hybridized carbons (Fsp3) is 0.412. The first-order valence-corrected chi connectivity index (χ1v) is 7.68. The monoisotopic (exact) mass is 318 g/mol. The first kappa shape index (κ1) is 15.5. The topological polar surface area (TPSA) is 64.4 Å². The molecule has 0 bridgehead atoms. The second kappa shape index (κ2) is 6.40.